The summed E-state index contributed by atoms with van der Waals surface area (Å²) in [5, 5.41) is 3.70. The Morgan fingerprint density at radius 3 is 2.68 bits per heavy atom. The van der Waals surface area contributed by atoms with Crippen LogP contribution in [0.1, 0.15) is 37.7 Å². The Hall–Kier alpha value is -2.47. The molecule has 2 aromatic rings. The summed E-state index contributed by atoms with van der Waals surface area (Å²) in [6.45, 7) is 1.45. The second kappa shape index (κ2) is 8.07. The van der Waals surface area contributed by atoms with Gasteiger partial charge in [0.2, 0.25) is 0 Å². The minimum absolute atomic E-state index is 0.218. The first kappa shape index (κ1) is 17.4. The highest BCUT2D eigenvalue weighted by atomic mass is 16.2. The summed E-state index contributed by atoms with van der Waals surface area (Å²) in [5.41, 5.74) is 0.580. The Bertz CT molecular complexity index is 819. The number of benzene rings is 1. The first-order chi connectivity index (χ1) is 12.2. The minimum Gasteiger partial charge on any atom is -0.307 e. The van der Waals surface area contributed by atoms with Crippen LogP contribution < -0.4 is 16.7 Å². The highest BCUT2D eigenvalue weighted by molar-refractivity contribution is 5.29. The maximum atomic E-state index is 11.5. The summed E-state index contributed by atoms with van der Waals surface area (Å²) < 4.78 is 1.37. The molecule has 0 radical (unpaired) electrons. The SMILES string of the molecule is O=c1ncn(C/C=C\CCCCNC2(c3ccccc3)CC2)c(=O)[nH]1. The molecule has 1 aliphatic carbocycles. The summed E-state index contributed by atoms with van der Waals surface area (Å²) in [6, 6.07) is 10.7. The van der Waals surface area contributed by atoms with Crippen LogP contribution in [0.4, 0.5) is 0 Å². The molecule has 6 nitrogen and oxygen atoms in total. The largest absolute Gasteiger partial charge is 0.350 e. The number of nitrogens with one attached hydrogen (secondary N) is 2. The predicted molar refractivity (Wildman–Crippen MR) is 97.5 cm³/mol. The van der Waals surface area contributed by atoms with Crippen molar-refractivity contribution in [3.8, 4) is 0 Å². The lowest BCUT2D eigenvalue weighted by Crippen LogP contribution is -2.30. The standard InChI is InChI=1S/C19H24N4O2/c24-17-20-15-23(18(25)22-17)14-8-3-1-2-7-13-21-19(11-12-19)16-9-5-4-6-10-16/h3-6,8-10,15,21H,1-2,7,11-14H2,(H,22,24,25)/b8-3-. The first-order valence-electron chi connectivity index (χ1n) is 8.81. The molecule has 3 rings (SSSR count). The molecule has 0 atom stereocenters. The summed E-state index contributed by atoms with van der Waals surface area (Å²) in [7, 11) is 0. The lowest BCUT2D eigenvalue weighted by molar-refractivity contribution is 0.502. The van der Waals surface area contributed by atoms with Gasteiger partial charge < -0.3 is 5.32 Å². The zero-order valence-electron chi connectivity index (χ0n) is 14.3. The van der Waals surface area contributed by atoms with Crippen LogP contribution in [0.3, 0.4) is 0 Å². The van der Waals surface area contributed by atoms with Crippen molar-refractivity contribution in [3.63, 3.8) is 0 Å². The van der Waals surface area contributed by atoms with Gasteiger partial charge in [-0.15, -0.1) is 0 Å². The van der Waals surface area contributed by atoms with E-state index in [1.165, 1.54) is 29.3 Å². The van der Waals surface area contributed by atoms with Crippen LogP contribution in [0.15, 0.2) is 58.4 Å². The molecule has 1 aromatic heterocycles. The van der Waals surface area contributed by atoms with Gasteiger partial charge in [-0.1, -0.05) is 42.5 Å². The van der Waals surface area contributed by atoms with Gasteiger partial charge >= 0.3 is 11.4 Å². The number of H-pyrrole nitrogens is 1. The van der Waals surface area contributed by atoms with E-state index in [1.807, 2.05) is 6.08 Å². The third-order valence-electron chi connectivity index (χ3n) is 4.60. The van der Waals surface area contributed by atoms with E-state index in [4.69, 9.17) is 0 Å². The minimum atomic E-state index is -0.610. The van der Waals surface area contributed by atoms with Gasteiger partial charge in [0.15, 0.2) is 0 Å². The molecular formula is C19H24N4O2. The summed E-state index contributed by atoms with van der Waals surface area (Å²) >= 11 is 0. The van der Waals surface area contributed by atoms with Gasteiger partial charge in [-0.05, 0) is 44.2 Å². The van der Waals surface area contributed by atoms with E-state index in [0.29, 0.717) is 6.54 Å². The Morgan fingerprint density at radius 1 is 1.16 bits per heavy atom. The van der Waals surface area contributed by atoms with E-state index in [0.717, 1.165) is 25.8 Å². The monoisotopic (exact) mass is 340 g/mol. The first-order valence-corrected chi connectivity index (χ1v) is 8.81. The molecule has 0 amide bonds. The van der Waals surface area contributed by atoms with Gasteiger partial charge in [-0.25, -0.2) is 9.59 Å². The molecule has 0 saturated heterocycles. The van der Waals surface area contributed by atoms with Crippen LogP contribution in [-0.4, -0.2) is 21.1 Å². The lowest BCUT2D eigenvalue weighted by Gasteiger charge is -2.17. The second-order valence-electron chi connectivity index (χ2n) is 6.47. The molecule has 25 heavy (non-hydrogen) atoms. The van der Waals surface area contributed by atoms with E-state index >= 15 is 0 Å². The molecule has 0 bridgehead atoms. The number of hydrogen-bond acceptors (Lipinski definition) is 4. The van der Waals surface area contributed by atoms with Crippen molar-refractivity contribution >= 4 is 0 Å². The Morgan fingerprint density at radius 2 is 1.96 bits per heavy atom. The van der Waals surface area contributed by atoms with Crippen molar-refractivity contribution in [2.45, 2.75) is 44.2 Å². The number of allylic oxidation sites excluding steroid dienone is 2. The molecule has 6 heteroatoms. The van der Waals surface area contributed by atoms with E-state index in [1.54, 1.807) is 0 Å². The molecular weight excluding hydrogens is 316 g/mol. The van der Waals surface area contributed by atoms with Gasteiger partial charge in [0.05, 0.1) is 0 Å². The molecule has 1 aromatic carbocycles. The van der Waals surface area contributed by atoms with E-state index in [-0.39, 0.29) is 5.54 Å². The average molecular weight is 340 g/mol. The van der Waals surface area contributed by atoms with Crippen LogP contribution >= 0.6 is 0 Å². The second-order valence-corrected chi connectivity index (χ2v) is 6.47. The molecule has 2 N–H and O–H groups in total. The smallest absolute Gasteiger partial charge is 0.307 e. The average Bonchev–Trinajstić information content (AvgIpc) is 3.41. The van der Waals surface area contributed by atoms with Crippen LogP contribution in [0.2, 0.25) is 0 Å². The molecule has 0 spiro atoms. The summed E-state index contributed by atoms with van der Waals surface area (Å²) in [5.74, 6) is 0. The van der Waals surface area contributed by atoms with Crippen molar-refractivity contribution < 1.29 is 0 Å². The van der Waals surface area contributed by atoms with Gasteiger partial charge in [-0.3, -0.25) is 9.55 Å². The van der Waals surface area contributed by atoms with Crippen LogP contribution in [0.5, 0.6) is 0 Å². The van der Waals surface area contributed by atoms with Crippen LogP contribution in [0.25, 0.3) is 0 Å². The molecule has 1 aliphatic rings. The van der Waals surface area contributed by atoms with Crippen molar-refractivity contribution in [2.24, 2.45) is 0 Å². The Labute approximate surface area is 146 Å². The highest BCUT2D eigenvalue weighted by Gasteiger charge is 2.43. The number of aromatic nitrogens is 3. The van der Waals surface area contributed by atoms with Crippen molar-refractivity contribution in [1.82, 2.24) is 19.9 Å². The number of rotatable bonds is 9. The quantitative estimate of drug-likeness (QED) is 0.540. The van der Waals surface area contributed by atoms with E-state index in [9.17, 15) is 9.59 Å². The summed E-state index contributed by atoms with van der Waals surface area (Å²) in [6.07, 6.45) is 10.9. The van der Waals surface area contributed by atoms with Gasteiger partial charge in [0.1, 0.15) is 6.33 Å². The molecule has 0 unspecified atom stereocenters. The number of aromatic amines is 1. The fourth-order valence-electron chi connectivity index (χ4n) is 2.97. The van der Waals surface area contributed by atoms with E-state index < -0.39 is 11.4 Å². The van der Waals surface area contributed by atoms with Gasteiger partial charge in [0.25, 0.3) is 0 Å². The normalized spacial score (nSPS) is 15.5. The fraction of sp³-hybridized carbons (Fsp3) is 0.421. The van der Waals surface area contributed by atoms with Crippen LogP contribution in [0, 0.1) is 0 Å². The zero-order valence-corrected chi connectivity index (χ0v) is 14.3. The van der Waals surface area contributed by atoms with Gasteiger partial charge in [0, 0.05) is 12.1 Å². The third-order valence-corrected chi connectivity index (χ3v) is 4.60. The van der Waals surface area contributed by atoms with Crippen LogP contribution in [-0.2, 0) is 12.1 Å². The molecule has 1 heterocycles. The van der Waals surface area contributed by atoms with E-state index in [2.05, 4.69) is 51.7 Å². The number of unbranched alkanes of at least 4 members (excludes halogenated alkanes) is 2. The fourth-order valence-corrected chi connectivity index (χ4v) is 2.97. The molecule has 1 saturated carbocycles. The van der Waals surface area contributed by atoms with Gasteiger partial charge in [-0.2, -0.15) is 4.98 Å². The maximum Gasteiger partial charge on any atom is 0.350 e. The molecule has 132 valence electrons. The molecule has 1 fully saturated rings. The topological polar surface area (TPSA) is 79.8 Å². The Kier molecular flexibility index (Phi) is 5.60. The number of nitrogens with zero attached hydrogens (tertiary/aromatic N) is 2. The summed E-state index contributed by atoms with van der Waals surface area (Å²) in [4.78, 5) is 28.1. The van der Waals surface area contributed by atoms with Crippen molar-refractivity contribution in [1.29, 1.82) is 0 Å². The Balaban J connectivity index is 1.33. The number of hydrogen-bond donors (Lipinski definition) is 2. The lowest BCUT2D eigenvalue weighted by atomic mass is 10.0. The van der Waals surface area contributed by atoms with Crippen molar-refractivity contribution in [2.75, 3.05) is 6.54 Å². The highest BCUT2D eigenvalue weighted by Crippen LogP contribution is 2.45. The maximum absolute atomic E-state index is 11.5. The zero-order chi connectivity index (χ0) is 17.5. The molecule has 0 aliphatic heterocycles. The van der Waals surface area contributed by atoms with Crippen molar-refractivity contribution in [3.05, 3.63) is 75.3 Å². The third kappa shape index (κ3) is 4.76. The predicted octanol–water partition coefficient (Wildman–Crippen LogP) is 1.94.